The Morgan fingerprint density at radius 2 is 2.00 bits per heavy atom. The summed E-state index contributed by atoms with van der Waals surface area (Å²) < 4.78 is 0. The van der Waals surface area contributed by atoms with Crippen molar-refractivity contribution in [1.82, 2.24) is 4.98 Å². The second-order valence-corrected chi connectivity index (χ2v) is 8.34. The van der Waals surface area contributed by atoms with Crippen molar-refractivity contribution in [2.45, 2.75) is 26.2 Å². The number of aromatic nitrogens is 1. The SMILES string of the molecule is Cc1cc(NC=C2C(=O)Nc3cccc(C)c32)ccc1N1CCC(c2ccccn2)C1. The van der Waals surface area contributed by atoms with Crippen LogP contribution in [0.5, 0.6) is 0 Å². The Morgan fingerprint density at radius 1 is 1.10 bits per heavy atom. The summed E-state index contributed by atoms with van der Waals surface area (Å²) >= 11 is 0. The van der Waals surface area contributed by atoms with Gasteiger partial charge in [-0.15, -0.1) is 0 Å². The van der Waals surface area contributed by atoms with Crippen LogP contribution in [0.4, 0.5) is 17.1 Å². The molecular formula is C26H26N4O. The number of carbonyl (C=O) groups is 1. The monoisotopic (exact) mass is 410 g/mol. The number of benzene rings is 2. The zero-order chi connectivity index (χ0) is 21.4. The molecule has 1 aromatic heterocycles. The lowest BCUT2D eigenvalue weighted by atomic mass is 10.0. The van der Waals surface area contributed by atoms with Crippen LogP contribution in [0.2, 0.25) is 0 Å². The first-order chi connectivity index (χ1) is 15.1. The van der Waals surface area contributed by atoms with Crippen molar-refractivity contribution >= 4 is 28.5 Å². The van der Waals surface area contributed by atoms with Gasteiger partial charge in [0.15, 0.2) is 0 Å². The minimum Gasteiger partial charge on any atom is -0.371 e. The summed E-state index contributed by atoms with van der Waals surface area (Å²) in [5.74, 6) is 0.412. The zero-order valence-corrected chi connectivity index (χ0v) is 17.9. The van der Waals surface area contributed by atoms with Crippen molar-refractivity contribution in [3.05, 3.63) is 89.4 Å². The van der Waals surface area contributed by atoms with Crippen molar-refractivity contribution in [2.75, 3.05) is 28.6 Å². The maximum Gasteiger partial charge on any atom is 0.257 e. The normalized spacial score (nSPS) is 18.9. The average Bonchev–Trinajstić information content (AvgIpc) is 3.38. The second-order valence-electron chi connectivity index (χ2n) is 8.34. The predicted molar refractivity (Wildman–Crippen MR) is 126 cm³/mol. The second kappa shape index (κ2) is 7.91. The molecule has 0 aliphatic carbocycles. The Labute approximate surface area is 182 Å². The average molecular weight is 411 g/mol. The minimum absolute atomic E-state index is 0.0669. The number of hydrogen-bond donors (Lipinski definition) is 2. The summed E-state index contributed by atoms with van der Waals surface area (Å²) in [6.45, 7) is 6.20. The molecule has 2 N–H and O–H groups in total. The van der Waals surface area contributed by atoms with Crippen LogP contribution in [0.1, 0.15) is 34.7 Å². The largest absolute Gasteiger partial charge is 0.371 e. The maximum absolute atomic E-state index is 12.4. The van der Waals surface area contributed by atoms with Gasteiger partial charge in [0.05, 0.1) is 5.57 Å². The van der Waals surface area contributed by atoms with Crippen LogP contribution in [-0.2, 0) is 4.79 Å². The van der Waals surface area contributed by atoms with E-state index in [2.05, 4.69) is 57.8 Å². The number of fused-ring (bicyclic) bond motifs is 1. The van der Waals surface area contributed by atoms with Gasteiger partial charge in [0, 0.05) is 59.7 Å². The van der Waals surface area contributed by atoms with Gasteiger partial charge >= 0.3 is 0 Å². The summed E-state index contributed by atoms with van der Waals surface area (Å²) in [5, 5.41) is 6.27. The van der Waals surface area contributed by atoms with Crippen LogP contribution in [0.25, 0.3) is 5.57 Å². The fourth-order valence-corrected chi connectivity index (χ4v) is 4.66. The Kier molecular flexibility index (Phi) is 4.94. The van der Waals surface area contributed by atoms with E-state index in [0.717, 1.165) is 42.0 Å². The molecule has 156 valence electrons. The van der Waals surface area contributed by atoms with E-state index in [-0.39, 0.29) is 5.91 Å². The third-order valence-electron chi connectivity index (χ3n) is 6.25. The van der Waals surface area contributed by atoms with Crippen molar-refractivity contribution < 1.29 is 4.79 Å². The summed E-state index contributed by atoms with van der Waals surface area (Å²) in [4.78, 5) is 19.4. The Hall–Kier alpha value is -3.60. The van der Waals surface area contributed by atoms with Crippen molar-refractivity contribution in [2.24, 2.45) is 0 Å². The molecule has 5 heteroatoms. The van der Waals surface area contributed by atoms with Gasteiger partial charge in [-0.05, 0) is 67.8 Å². The molecule has 0 saturated carbocycles. The minimum atomic E-state index is -0.0669. The van der Waals surface area contributed by atoms with Gasteiger partial charge in [0.1, 0.15) is 0 Å². The Morgan fingerprint density at radius 3 is 2.81 bits per heavy atom. The van der Waals surface area contributed by atoms with E-state index in [1.165, 1.54) is 16.9 Å². The molecule has 5 rings (SSSR count). The number of nitrogens with one attached hydrogen (secondary N) is 2. The maximum atomic E-state index is 12.4. The molecule has 1 fully saturated rings. The van der Waals surface area contributed by atoms with E-state index < -0.39 is 0 Å². The lowest BCUT2D eigenvalue weighted by Gasteiger charge is -2.21. The molecule has 31 heavy (non-hydrogen) atoms. The third-order valence-corrected chi connectivity index (χ3v) is 6.25. The van der Waals surface area contributed by atoms with Crippen LogP contribution < -0.4 is 15.5 Å². The van der Waals surface area contributed by atoms with Gasteiger partial charge in [0.2, 0.25) is 0 Å². The molecule has 1 saturated heterocycles. The molecule has 5 nitrogen and oxygen atoms in total. The summed E-state index contributed by atoms with van der Waals surface area (Å²) in [6.07, 6.45) is 4.81. The topological polar surface area (TPSA) is 57.3 Å². The van der Waals surface area contributed by atoms with Gasteiger partial charge in [-0.3, -0.25) is 9.78 Å². The molecule has 0 spiro atoms. The van der Waals surface area contributed by atoms with Crippen molar-refractivity contribution in [3.63, 3.8) is 0 Å². The van der Waals surface area contributed by atoms with Gasteiger partial charge in [-0.2, -0.15) is 0 Å². The van der Waals surface area contributed by atoms with E-state index >= 15 is 0 Å². The highest BCUT2D eigenvalue weighted by Gasteiger charge is 2.27. The molecule has 1 atom stereocenters. The number of anilines is 3. The molecule has 3 heterocycles. The number of pyridine rings is 1. The fraction of sp³-hybridized carbons (Fsp3) is 0.231. The quantitative estimate of drug-likeness (QED) is 0.588. The lowest BCUT2D eigenvalue weighted by Crippen LogP contribution is -2.20. The van der Waals surface area contributed by atoms with Crippen LogP contribution in [0.3, 0.4) is 0 Å². The molecular weight excluding hydrogens is 384 g/mol. The predicted octanol–water partition coefficient (Wildman–Crippen LogP) is 5.10. The zero-order valence-electron chi connectivity index (χ0n) is 17.9. The van der Waals surface area contributed by atoms with Crippen LogP contribution in [0, 0.1) is 13.8 Å². The highest BCUT2D eigenvalue weighted by Crippen LogP contribution is 2.35. The molecule has 2 aromatic carbocycles. The van der Waals surface area contributed by atoms with Gasteiger partial charge in [-0.1, -0.05) is 18.2 Å². The first-order valence-corrected chi connectivity index (χ1v) is 10.7. The molecule has 1 unspecified atom stereocenters. The first kappa shape index (κ1) is 19.4. The van der Waals surface area contributed by atoms with Gasteiger partial charge in [0.25, 0.3) is 5.91 Å². The number of nitrogens with zero attached hydrogens (tertiary/aromatic N) is 2. The van der Waals surface area contributed by atoms with E-state index in [4.69, 9.17) is 0 Å². The molecule has 3 aromatic rings. The molecule has 0 radical (unpaired) electrons. The Bertz CT molecular complexity index is 1170. The molecule has 2 aliphatic heterocycles. The molecule has 1 amide bonds. The van der Waals surface area contributed by atoms with Crippen molar-refractivity contribution in [1.29, 1.82) is 0 Å². The van der Waals surface area contributed by atoms with E-state index in [1.54, 1.807) is 0 Å². The Balaban J connectivity index is 1.32. The van der Waals surface area contributed by atoms with Crippen LogP contribution in [-0.4, -0.2) is 24.0 Å². The van der Waals surface area contributed by atoms with E-state index in [1.807, 2.05) is 43.6 Å². The van der Waals surface area contributed by atoms with Crippen molar-refractivity contribution in [3.8, 4) is 0 Å². The van der Waals surface area contributed by atoms with Crippen LogP contribution >= 0.6 is 0 Å². The number of amides is 1. The van der Waals surface area contributed by atoms with Gasteiger partial charge in [-0.25, -0.2) is 0 Å². The smallest absolute Gasteiger partial charge is 0.257 e. The first-order valence-electron chi connectivity index (χ1n) is 10.7. The summed E-state index contributed by atoms with van der Waals surface area (Å²) in [5.41, 5.74) is 8.25. The highest BCUT2D eigenvalue weighted by molar-refractivity contribution is 6.32. The molecule has 0 bridgehead atoms. The number of carbonyl (C=O) groups excluding carboxylic acids is 1. The third kappa shape index (κ3) is 3.67. The van der Waals surface area contributed by atoms with E-state index in [0.29, 0.717) is 11.5 Å². The standard InChI is InChI=1S/C26H26N4O/c1-17-6-5-8-23-25(17)21(26(31)29-23)15-28-20-9-10-24(18(2)14-20)30-13-11-19(16-30)22-7-3-4-12-27-22/h3-10,12,14-15,19,28H,11,13,16H2,1-2H3,(H,29,31). The molecule has 2 aliphatic rings. The summed E-state index contributed by atoms with van der Waals surface area (Å²) in [6, 6.07) is 18.5. The summed E-state index contributed by atoms with van der Waals surface area (Å²) in [7, 11) is 0. The number of aryl methyl sites for hydroxylation is 2. The highest BCUT2D eigenvalue weighted by atomic mass is 16.2. The number of rotatable bonds is 4. The van der Waals surface area contributed by atoms with E-state index in [9.17, 15) is 4.79 Å². The lowest BCUT2D eigenvalue weighted by molar-refractivity contribution is -0.110. The van der Waals surface area contributed by atoms with Gasteiger partial charge < -0.3 is 15.5 Å². The van der Waals surface area contributed by atoms with Crippen LogP contribution in [0.15, 0.2) is 67.0 Å². The number of hydrogen-bond acceptors (Lipinski definition) is 4. The fourth-order valence-electron chi connectivity index (χ4n) is 4.66.